The number of hydrogen-bond donors (Lipinski definition) is 2. The van der Waals surface area contributed by atoms with Crippen LogP contribution in [-0.2, 0) is 16.0 Å². The molecule has 0 bridgehead atoms. The number of fused-ring (bicyclic) bond motifs is 1. The standard InChI is InChI=1S/C16H20N2O3/c19-15(10-17-12-6-2-3-7-12)18-13-8-4-1-5-11(13)9-14(18)16(20)21/h1,4-5,8,12,14,17H,2-3,6-7,9-10H2,(H,20,21). The lowest BCUT2D eigenvalue weighted by Crippen LogP contribution is -2.47. The molecule has 5 heteroatoms. The number of carbonyl (C=O) groups excluding carboxylic acids is 1. The lowest BCUT2D eigenvalue weighted by molar-refractivity contribution is -0.139. The topological polar surface area (TPSA) is 69.6 Å². The van der Waals surface area contributed by atoms with Gasteiger partial charge in [-0.25, -0.2) is 4.79 Å². The van der Waals surface area contributed by atoms with E-state index >= 15 is 0 Å². The van der Waals surface area contributed by atoms with Crippen LogP contribution in [0.2, 0.25) is 0 Å². The van der Waals surface area contributed by atoms with E-state index in [4.69, 9.17) is 0 Å². The number of para-hydroxylation sites is 1. The molecule has 0 spiro atoms. The number of amides is 1. The molecule has 1 aromatic rings. The van der Waals surface area contributed by atoms with Crippen molar-refractivity contribution in [3.05, 3.63) is 29.8 Å². The van der Waals surface area contributed by atoms with Crippen LogP contribution < -0.4 is 10.2 Å². The molecule has 1 aliphatic carbocycles. The highest BCUT2D eigenvalue weighted by Crippen LogP contribution is 2.32. The number of benzene rings is 1. The Morgan fingerprint density at radius 2 is 1.95 bits per heavy atom. The minimum absolute atomic E-state index is 0.153. The van der Waals surface area contributed by atoms with Crippen LogP contribution in [0.25, 0.3) is 0 Å². The zero-order chi connectivity index (χ0) is 14.8. The van der Waals surface area contributed by atoms with Gasteiger partial charge in [0.1, 0.15) is 6.04 Å². The molecule has 112 valence electrons. The number of carboxylic acid groups (broad SMARTS) is 1. The molecule has 0 aromatic heterocycles. The normalized spacial score (nSPS) is 21.5. The summed E-state index contributed by atoms with van der Waals surface area (Å²) in [7, 11) is 0. The maximum absolute atomic E-state index is 12.5. The van der Waals surface area contributed by atoms with E-state index in [1.807, 2.05) is 24.3 Å². The van der Waals surface area contributed by atoms with Gasteiger partial charge in [0, 0.05) is 18.2 Å². The maximum Gasteiger partial charge on any atom is 0.327 e. The van der Waals surface area contributed by atoms with Crippen LogP contribution in [0.15, 0.2) is 24.3 Å². The van der Waals surface area contributed by atoms with Gasteiger partial charge in [-0.1, -0.05) is 31.0 Å². The van der Waals surface area contributed by atoms with Crippen molar-refractivity contribution < 1.29 is 14.7 Å². The molecule has 2 N–H and O–H groups in total. The van der Waals surface area contributed by atoms with Crippen molar-refractivity contribution in [1.82, 2.24) is 5.32 Å². The van der Waals surface area contributed by atoms with E-state index in [2.05, 4.69) is 5.32 Å². The molecule has 2 aliphatic rings. The molecule has 3 rings (SSSR count). The van der Waals surface area contributed by atoms with Crippen LogP contribution in [0.3, 0.4) is 0 Å². The van der Waals surface area contributed by atoms with E-state index in [-0.39, 0.29) is 12.5 Å². The second kappa shape index (κ2) is 5.85. The van der Waals surface area contributed by atoms with Crippen molar-refractivity contribution in [2.75, 3.05) is 11.4 Å². The quantitative estimate of drug-likeness (QED) is 0.882. The minimum Gasteiger partial charge on any atom is -0.480 e. The van der Waals surface area contributed by atoms with Gasteiger partial charge in [0.25, 0.3) is 0 Å². The molecule has 1 aliphatic heterocycles. The summed E-state index contributed by atoms with van der Waals surface area (Å²) in [5.41, 5.74) is 1.67. The van der Waals surface area contributed by atoms with Gasteiger partial charge in [-0.05, 0) is 24.5 Å². The Morgan fingerprint density at radius 1 is 1.24 bits per heavy atom. The molecule has 1 heterocycles. The van der Waals surface area contributed by atoms with Gasteiger partial charge < -0.3 is 10.4 Å². The number of anilines is 1. The number of rotatable bonds is 4. The summed E-state index contributed by atoms with van der Waals surface area (Å²) in [5, 5.41) is 12.6. The fourth-order valence-electron chi connectivity index (χ4n) is 3.34. The number of carbonyl (C=O) groups is 2. The zero-order valence-electron chi connectivity index (χ0n) is 11.9. The second-order valence-corrected chi connectivity index (χ2v) is 5.81. The van der Waals surface area contributed by atoms with E-state index in [0.29, 0.717) is 12.5 Å². The van der Waals surface area contributed by atoms with E-state index in [0.717, 1.165) is 24.1 Å². The van der Waals surface area contributed by atoms with Gasteiger partial charge in [-0.15, -0.1) is 0 Å². The van der Waals surface area contributed by atoms with Crippen molar-refractivity contribution in [2.24, 2.45) is 0 Å². The van der Waals surface area contributed by atoms with Gasteiger partial charge in [-0.2, -0.15) is 0 Å². The molecule has 1 unspecified atom stereocenters. The lowest BCUT2D eigenvalue weighted by Gasteiger charge is -2.23. The van der Waals surface area contributed by atoms with Crippen molar-refractivity contribution >= 4 is 17.6 Å². The van der Waals surface area contributed by atoms with E-state index in [1.165, 1.54) is 17.7 Å². The third-order valence-corrected chi connectivity index (χ3v) is 4.43. The highest BCUT2D eigenvalue weighted by molar-refractivity contribution is 6.02. The van der Waals surface area contributed by atoms with Crippen molar-refractivity contribution in [3.8, 4) is 0 Å². The minimum atomic E-state index is -0.944. The second-order valence-electron chi connectivity index (χ2n) is 5.81. The third-order valence-electron chi connectivity index (χ3n) is 4.43. The average Bonchev–Trinajstić information content (AvgIpc) is 3.11. The summed E-state index contributed by atoms with van der Waals surface area (Å²) in [6.07, 6.45) is 5.01. The Hall–Kier alpha value is -1.88. The van der Waals surface area contributed by atoms with Gasteiger partial charge in [0.05, 0.1) is 6.54 Å². The largest absolute Gasteiger partial charge is 0.480 e. The highest BCUT2D eigenvalue weighted by atomic mass is 16.4. The van der Waals surface area contributed by atoms with Gasteiger partial charge >= 0.3 is 5.97 Å². The van der Waals surface area contributed by atoms with Gasteiger partial charge in [-0.3, -0.25) is 9.69 Å². The molecular weight excluding hydrogens is 268 g/mol. The van der Waals surface area contributed by atoms with E-state index in [1.54, 1.807) is 0 Å². The number of aliphatic carboxylic acids is 1. The van der Waals surface area contributed by atoms with Crippen LogP contribution in [0.1, 0.15) is 31.2 Å². The fourth-order valence-corrected chi connectivity index (χ4v) is 3.34. The molecule has 1 atom stereocenters. The predicted molar refractivity (Wildman–Crippen MR) is 79.3 cm³/mol. The summed E-state index contributed by atoms with van der Waals surface area (Å²) in [6.45, 7) is 0.211. The predicted octanol–water partition coefficient (Wildman–Crippen LogP) is 1.56. The van der Waals surface area contributed by atoms with Crippen LogP contribution in [0, 0.1) is 0 Å². The molecular formula is C16H20N2O3. The molecule has 1 aromatic carbocycles. The zero-order valence-corrected chi connectivity index (χ0v) is 11.9. The molecule has 1 saturated carbocycles. The molecule has 1 amide bonds. The van der Waals surface area contributed by atoms with Crippen LogP contribution in [-0.4, -0.2) is 35.6 Å². The summed E-state index contributed by atoms with van der Waals surface area (Å²) < 4.78 is 0. The number of hydrogen-bond acceptors (Lipinski definition) is 3. The van der Waals surface area contributed by atoms with Crippen molar-refractivity contribution in [1.29, 1.82) is 0 Å². The van der Waals surface area contributed by atoms with E-state index in [9.17, 15) is 14.7 Å². The van der Waals surface area contributed by atoms with E-state index < -0.39 is 12.0 Å². The maximum atomic E-state index is 12.5. The molecule has 1 fully saturated rings. The Morgan fingerprint density at radius 3 is 2.67 bits per heavy atom. The first-order valence-corrected chi connectivity index (χ1v) is 7.53. The monoisotopic (exact) mass is 288 g/mol. The molecule has 0 radical (unpaired) electrons. The first kappa shape index (κ1) is 14.1. The first-order valence-electron chi connectivity index (χ1n) is 7.53. The van der Waals surface area contributed by atoms with Gasteiger partial charge in [0.15, 0.2) is 0 Å². The number of nitrogens with one attached hydrogen (secondary N) is 1. The summed E-state index contributed by atoms with van der Waals surface area (Å²) in [5.74, 6) is -1.10. The Bertz CT molecular complexity index is 552. The van der Waals surface area contributed by atoms with Gasteiger partial charge in [0.2, 0.25) is 5.91 Å². The average molecular weight is 288 g/mol. The molecule has 5 nitrogen and oxygen atoms in total. The van der Waals surface area contributed by atoms with Crippen LogP contribution >= 0.6 is 0 Å². The van der Waals surface area contributed by atoms with Crippen molar-refractivity contribution in [2.45, 2.75) is 44.2 Å². The number of nitrogens with zero attached hydrogens (tertiary/aromatic N) is 1. The SMILES string of the molecule is O=C(O)C1Cc2ccccc2N1C(=O)CNC1CCCC1. The Labute approximate surface area is 123 Å². The summed E-state index contributed by atoms with van der Waals surface area (Å²) in [6, 6.07) is 7.06. The van der Waals surface area contributed by atoms with Crippen LogP contribution in [0.4, 0.5) is 5.69 Å². The number of carboxylic acids is 1. The Kier molecular flexibility index (Phi) is 3.92. The third kappa shape index (κ3) is 2.78. The lowest BCUT2D eigenvalue weighted by atomic mass is 10.1. The summed E-state index contributed by atoms with van der Waals surface area (Å²) >= 11 is 0. The molecule has 0 saturated heterocycles. The molecule has 21 heavy (non-hydrogen) atoms. The Balaban J connectivity index is 1.73. The van der Waals surface area contributed by atoms with Crippen molar-refractivity contribution in [3.63, 3.8) is 0 Å². The van der Waals surface area contributed by atoms with Crippen LogP contribution in [0.5, 0.6) is 0 Å². The highest BCUT2D eigenvalue weighted by Gasteiger charge is 2.38. The first-order chi connectivity index (χ1) is 10.2. The smallest absolute Gasteiger partial charge is 0.327 e. The fraction of sp³-hybridized carbons (Fsp3) is 0.500. The summed E-state index contributed by atoms with van der Waals surface area (Å²) in [4.78, 5) is 25.4.